The number of rotatable bonds is 6. The van der Waals surface area contributed by atoms with E-state index in [1.54, 1.807) is 11.6 Å². The SMILES string of the molecule is CCCCOC(=O)Nc1nc2scc(-c3ccc(OC)cc3)n2n1. The van der Waals surface area contributed by atoms with Crippen molar-refractivity contribution in [2.45, 2.75) is 19.8 Å². The minimum Gasteiger partial charge on any atom is -0.497 e. The number of hydrogen-bond donors (Lipinski definition) is 1. The van der Waals surface area contributed by atoms with Crippen molar-refractivity contribution in [1.29, 1.82) is 0 Å². The summed E-state index contributed by atoms with van der Waals surface area (Å²) < 4.78 is 11.9. The minimum atomic E-state index is -0.535. The molecular formula is C16H18N4O3S. The first-order valence-electron chi connectivity index (χ1n) is 7.63. The number of benzene rings is 1. The van der Waals surface area contributed by atoms with E-state index < -0.39 is 6.09 Å². The predicted octanol–water partition coefficient (Wildman–Crippen LogP) is 3.82. The molecule has 0 unspecified atom stereocenters. The average Bonchev–Trinajstić information content (AvgIpc) is 3.15. The van der Waals surface area contributed by atoms with Gasteiger partial charge in [0.25, 0.3) is 5.95 Å². The molecule has 2 aromatic heterocycles. The minimum absolute atomic E-state index is 0.234. The van der Waals surface area contributed by atoms with E-state index >= 15 is 0 Å². The number of carbonyl (C=O) groups is 1. The lowest BCUT2D eigenvalue weighted by molar-refractivity contribution is 0.159. The Hall–Kier alpha value is -2.61. The van der Waals surface area contributed by atoms with Crippen LogP contribution in [0.3, 0.4) is 0 Å². The molecule has 24 heavy (non-hydrogen) atoms. The quantitative estimate of drug-likeness (QED) is 0.687. The van der Waals surface area contributed by atoms with Crippen molar-refractivity contribution in [2.24, 2.45) is 0 Å². The third-order valence-corrected chi connectivity index (χ3v) is 4.23. The Bertz CT molecular complexity index is 826. The summed E-state index contributed by atoms with van der Waals surface area (Å²) in [4.78, 5) is 16.7. The number of fused-ring (bicyclic) bond motifs is 1. The fourth-order valence-corrected chi connectivity index (χ4v) is 2.96. The predicted molar refractivity (Wildman–Crippen MR) is 92.7 cm³/mol. The van der Waals surface area contributed by atoms with Crippen LogP contribution < -0.4 is 10.1 Å². The molecule has 0 saturated carbocycles. The van der Waals surface area contributed by atoms with Crippen molar-refractivity contribution < 1.29 is 14.3 Å². The zero-order valence-corrected chi connectivity index (χ0v) is 14.3. The second-order valence-corrected chi connectivity index (χ2v) is 5.93. The van der Waals surface area contributed by atoms with Crippen LogP contribution in [-0.4, -0.2) is 34.4 Å². The normalized spacial score (nSPS) is 10.8. The number of aromatic nitrogens is 3. The molecule has 1 N–H and O–H groups in total. The second-order valence-electron chi connectivity index (χ2n) is 5.09. The molecule has 3 aromatic rings. The van der Waals surface area contributed by atoms with E-state index in [-0.39, 0.29) is 5.95 Å². The lowest BCUT2D eigenvalue weighted by Gasteiger charge is -2.03. The Morgan fingerprint density at radius 1 is 1.33 bits per heavy atom. The Kier molecular flexibility index (Phi) is 4.95. The maximum Gasteiger partial charge on any atom is 0.414 e. The number of nitrogens with one attached hydrogen (secondary N) is 1. The highest BCUT2D eigenvalue weighted by Crippen LogP contribution is 2.27. The molecule has 1 amide bonds. The summed E-state index contributed by atoms with van der Waals surface area (Å²) in [5.74, 6) is 1.03. The summed E-state index contributed by atoms with van der Waals surface area (Å²) in [6.07, 6.45) is 1.27. The number of hydrogen-bond acceptors (Lipinski definition) is 6. The van der Waals surface area contributed by atoms with E-state index in [0.717, 1.165) is 29.8 Å². The average molecular weight is 346 g/mol. The summed E-state index contributed by atoms with van der Waals surface area (Å²) in [5.41, 5.74) is 1.89. The van der Waals surface area contributed by atoms with Gasteiger partial charge in [-0.3, -0.25) is 5.32 Å². The van der Waals surface area contributed by atoms with Gasteiger partial charge in [0.15, 0.2) is 0 Å². The molecule has 0 saturated heterocycles. The molecule has 126 valence electrons. The molecule has 3 rings (SSSR count). The van der Waals surface area contributed by atoms with Crippen LogP contribution in [-0.2, 0) is 4.74 Å². The van der Waals surface area contributed by atoms with Crippen LogP contribution in [0.2, 0.25) is 0 Å². The Morgan fingerprint density at radius 3 is 2.83 bits per heavy atom. The van der Waals surface area contributed by atoms with Gasteiger partial charge in [-0.1, -0.05) is 13.3 Å². The lowest BCUT2D eigenvalue weighted by atomic mass is 10.2. The second kappa shape index (κ2) is 7.31. The molecule has 7 nitrogen and oxygen atoms in total. The summed E-state index contributed by atoms with van der Waals surface area (Å²) in [7, 11) is 1.63. The zero-order valence-electron chi connectivity index (χ0n) is 13.5. The number of anilines is 1. The molecular weight excluding hydrogens is 328 g/mol. The largest absolute Gasteiger partial charge is 0.497 e. The van der Waals surface area contributed by atoms with Gasteiger partial charge in [-0.15, -0.1) is 16.4 Å². The Labute approximate surface area is 143 Å². The first-order chi connectivity index (χ1) is 11.7. The van der Waals surface area contributed by atoms with Gasteiger partial charge in [0.1, 0.15) is 5.75 Å². The Balaban J connectivity index is 1.77. The smallest absolute Gasteiger partial charge is 0.414 e. The van der Waals surface area contributed by atoms with Crippen molar-refractivity contribution >= 4 is 28.3 Å². The van der Waals surface area contributed by atoms with E-state index in [2.05, 4.69) is 15.4 Å². The number of methoxy groups -OCH3 is 1. The summed E-state index contributed by atoms with van der Waals surface area (Å²) >= 11 is 1.45. The molecule has 1 aromatic carbocycles. The van der Waals surface area contributed by atoms with Gasteiger partial charge in [0.2, 0.25) is 4.96 Å². The van der Waals surface area contributed by atoms with Crippen LogP contribution in [0.5, 0.6) is 5.75 Å². The summed E-state index contributed by atoms with van der Waals surface area (Å²) in [5, 5.41) is 8.86. The number of carbonyl (C=O) groups excluding carboxylic acids is 1. The molecule has 0 atom stereocenters. The summed E-state index contributed by atoms with van der Waals surface area (Å²) in [6, 6.07) is 7.68. The number of unbranched alkanes of at least 4 members (excludes halogenated alkanes) is 1. The molecule has 0 aliphatic rings. The van der Waals surface area contributed by atoms with Crippen LogP contribution in [0.4, 0.5) is 10.7 Å². The van der Waals surface area contributed by atoms with Crippen molar-refractivity contribution in [3.8, 4) is 17.0 Å². The number of ether oxygens (including phenoxy) is 2. The first kappa shape index (κ1) is 16.3. The number of thiazole rings is 1. The topological polar surface area (TPSA) is 77.8 Å². The molecule has 0 aliphatic heterocycles. The molecule has 8 heteroatoms. The number of nitrogens with zero attached hydrogens (tertiary/aromatic N) is 3. The van der Waals surface area contributed by atoms with Gasteiger partial charge in [0.05, 0.1) is 19.4 Å². The highest BCUT2D eigenvalue weighted by Gasteiger charge is 2.13. The van der Waals surface area contributed by atoms with Crippen molar-refractivity contribution in [1.82, 2.24) is 14.6 Å². The zero-order chi connectivity index (χ0) is 16.9. The van der Waals surface area contributed by atoms with Crippen molar-refractivity contribution in [3.63, 3.8) is 0 Å². The standard InChI is InChI=1S/C16H18N4O3S/c1-3-4-9-23-16(21)18-14-17-15-20(19-14)13(10-24-15)11-5-7-12(22-2)8-6-11/h5-8,10H,3-4,9H2,1-2H3,(H,18,19,21). The summed E-state index contributed by atoms with van der Waals surface area (Å²) in [6.45, 7) is 2.43. The first-order valence-corrected chi connectivity index (χ1v) is 8.51. The van der Waals surface area contributed by atoms with Crippen molar-refractivity contribution in [3.05, 3.63) is 29.6 Å². The van der Waals surface area contributed by atoms with Crippen molar-refractivity contribution in [2.75, 3.05) is 19.0 Å². The van der Waals surface area contributed by atoms with E-state index in [0.29, 0.717) is 11.6 Å². The third-order valence-electron chi connectivity index (χ3n) is 3.41. The Morgan fingerprint density at radius 2 is 2.12 bits per heavy atom. The maximum absolute atomic E-state index is 11.7. The third kappa shape index (κ3) is 3.48. The molecule has 0 bridgehead atoms. The van der Waals surface area contributed by atoms with Gasteiger partial charge in [0, 0.05) is 10.9 Å². The van der Waals surface area contributed by atoms with Crippen LogP contribution in [0.15, 0.2) is 29.6 Å². The monoisotopic (exact) mass is 346 g/mol. The maximum atomic E-state index is 11.7. The molecule has 0 fully saturated rings. The van der Waals surface area contributed by atoms with E-state index in [1.807, 2.05) is 36.6 Å². The van der Waals surface area contributed by atoms with E-state index in [9.17, 15) is 4.79 Å². The highest BCUT2D eigenvalue weighted by atomic mass is 32.1. The van der Waals surface area contributed by atoms with Crippen LogP contribution in [0.25, 0.3) is 16.2 Å². The van der Waals surface area contributed by atoms with E-state index in [4.69, 9.17) is 9.47 Å². The van der Waals surface area contributed by atoms with Gasteiger partial charge in [-0.2, -0.15) is 4.98 Å². The molecule has 0 spiro atoms. The molecule has 0 aliphatic carbocycles. The molecule has 2 heterocycles. The van der Waals surface area contributed by atoms with Gasteiger partial charge in [-0.05, 0) is 30.7 Å². The van der Waals surface area contributed by atoms with Gasteiger partial charge >= 0.3 is 6.09 Å². The lowest BCUT2D eigenvalue weighted by Crippen LogP contribution is -2.15. The van der Waals surface area contributed by atoms with Crippen LogP contribution in [0, 0.1) is 0 Å². The number of amides is 1. The van der Waals surface area contributed by atoms with Gasteiger partial charge < -0.3 is 9.47 Å². The fourth-order valence-electron chi connectivity index (χ4n) is 2.13. The van der Waals surface area contributed by atoms with Gasteiger partial charge in [-0.25, -0.2) is 9.31 Å². The van der Waals surface area contributed by atoms with Crippen LogP contribution in [0.1, 0.15) is 19.8 Å². The van der Waals surface area contributed by atoms with Crippen LogP contribution >= 0.6 is 11.3 Å². The fraction of sp³-hybridized carbons (Fsp3) is 0.312. The highest BCUT2D eigenvalue weighted by molar-refractivity contribution is 7.15. The molecule has 0 radical (unpaired) electrons. The van der Waals surface area contributed by atoms with E-state index in [1.165, 1.54) is 11.3 Å².